The number of allylic oxidation sites excluding steroid dienone is 3. The molecule has 4 heterocycles. The lowest BCUT2D eigenvalue weighted by atomic mass is 9.79. The van der Waals surface area contributed by atoms with Crippen LogP contribution in [0, 0.1) is 11.3 Å². The van der Waals surface area contributed by atoms with Gasteiger partial charge in [0, 0.05) is 66.6 Å². The van der Waals surface area contributed by atoms with E-state index in [9.17, 15) is 5.26 Å². The van der Waals surface area contributed by atoms with Crippen LogP contribution in [0.3, 0.4) is 0 Å². The lowest BCUT2D eigenvalue weighted by Gasteiger charge is -2.29. The van der Waals surface area contributed by atoms with Gasteiger partial charge in [-0.05, 0) is 36.8 Å². The monoisotopic (exact) mass is 474 g/mol. The normalized spacial score (nSPS) is 16.0. The Morgan fingerprint density at radius 1 is 1.06 bits per heavy atom. The van der Waals surface area contributed by atoms with Crippen molar-refractivity contribution >= 4 is 5.71 Å². The highest BCUT2D eigenvalue weighted by atomic mass is 16.5. The molecule has 3 aromatic heterocycles. The largest absolute Gasteiger partial charge is 0.445 e. The number of pyridine rings is 1. The first kappa shape index (κ1) is 22.7. The zero-order chi connectivity index (χ0) is 25.1. The highest BCUT2D eigenvalue weighted by Gasteiger charge is 2.34. The van der Waals surface area contributed by atoms with E-state index in [2.05, 4.69) is 31.0 Å². The van der Waals surface area contributed by atoms with E-state index in [1.165, 1.54) is 6.33 Å². The molecule has 9 heteroatoms. The van der Waals surface area contributed by atoms with Gasteiger partial charge in [0.05, 0.1) is 11.6 Å². The van der Waals surface area contributed by atoms with E-state index in [4.69, 9.17) is 10.5 Å². The molecule has 0 aliphatic carbocycles. The Morgan fingerprint density at radius 3 is 2.44 bits per heavy atom. The van der Waals surface area contributed by atoms with Gasteiger partial charge in [0.15, 0.2) is 0 Å². The molecule has 1 aromatic carbocycles. The lowest BCUT2D eigenvalue weighted by molar-refractivity contribution is 0.284. The molecule has 2 N–H and O–H groups in total. The summed E-state index contributed by atoms with van der Waals surface area (Å²) in [7, 11) is 1.69. The summed E-state index contributed by atoms with van der Waals surface area (Å²) >= 11 is 0. The minimum atomic E-state index is -0.473. The summed E-state index contributed by atoms with van der Waals surface area (Å²) in [6, 6.07) is 14.0. The molecule has 0 saturated heterocycles. The van der Waals surface area contributed by atoms with E-state index in [1.54, 1.807) is 38.0 Å². The Balaban J connectivity index is 1.59. The average Bonchev–Trinajstić information content (AvgIpc) is 3.41. The van der Waals surface area contributed by atoms with Crippen molar-refractivity contribution < 1.29 is 4.74 Å². The molecule has 1 atom stereocenters. The fraction of sp³-hybridized carbons (Fsp3) is 0.111. The van der Waals surface area contributed by atoms with Crippen LogP contribution in [-0.4, -0.2) is 37.3 Å². The smallest absolute Gasteiger partial charge is 0.205 e. The van der Waals surface area contributed by atoms with Crippen LogP contribution < -0.4 is 5.73 Å². The number of nitrogens with zero attached hydrogens (tertiary/aromatic N) is 7. The van der Waals surface area contributed by atoms with Crippen molar-refractivity contribution in [2.45, 2.75) is 12.8 Å². The number of imidazole rings is 1. The number of nitrogens with two attached hydrogens (primary N) is 1. The van der Waals surface area contributed by atoms with E-state index in [0.29, 0.717) is 17.0 Å². The predicted molar refractivity (Wildman–Crippen MR) is 135 cm³/mol. The molecule has 0 amide bonds. The van der Waals surface area contributed by atoms with Crippen molar-refractivity contribution in [3.8, 4) is 23.1 Å². The van der Waals surface area contributed by atoms with Crippen molar-refractivity contribution in [1.29, 1.82) is 5.26 Å². The number of ether oxygens (including phenoxy) is 1. The average molecular weight is 475 g/mol. The molecule has 4 aromatic rings. The fourth-order valence-corrected chi connectivity index (χ4v) is 4.40. The van der Waals surface area contributed by atoms with Gasteiger partial charge in [0.1, 0.15) is 29.6 Å². The van der Waals surface area contributed by atoms with Gasteiger partial charge in [-0.3, -0.25) is 14.5 Å². The van der Waals surface area contributed by atoms with Gasteiger partial charge in [-0.15, -0.1) is 0 Å². The predicted octanol–water partition coefficient (Wildman–Crippen LogP) is 3.93. The molecule has 1 unspecified atom stereocenters. The molecule has 1 aliphatic heterocycles. The highest BCUT2D eigenvalue weighted by Crippen LogP contribution is 2.41. The Hall–Kier alpha value is -5.10. The van der Waals surface area contributed by atoms with Crippen LogP contribution in [0.4, 0.5) is 0 Å². The van der Waals surface area contributed by atoms with Crippen LogP contribution >= 0.6 is 0 Å². The molecule has 0 bridgehead atoms. The zero-order valence-corrected chi connectivity index (χ0v) is 19.7. The van der Waals surface area contributed by atoms with Gasteiger partial charge >= 0.3 is 0 Å². The Labute approximate surface area is 208 Å². The molecule has 0 radical (unpaired) electrons. The molecule has 36 heavy (non-hydrogen) atoms. The number of nitriles is 1. The number of hydrogen-bond acceptors (Lipinski definition) is 8. The number of aromatic nitrogens is 5. The van der Waals surface area contributed by atoms with Crippen LogP contribution in [0.2, 0.25) is 0 Å². The van der Waals surface area contributed by atoms with E-state index in [-0.39, 0.29) is 5.88 Å². The summed E-state index contributed by atoms with van der Waals surface area (Å²) in [4.78, 5) is 21.4. The maximum Gasteiger partial charge on any atom is 0.205 e. The molecule has 9 nitrogen and oxygen atoms in total. The van der Waals surface area contributed by atoms with Gasteiger partial charge in [-0.25, -0.2) is 15.0 Å². The molecule has 1 aliphatic rings. The number of aliphatic imine (C=N–C) groups is 1. The Bertz CT molecular complexity index is 1530. The Morgan fingerprint density at radius 2 is 1.78 bits per heavy atom. The first-order chi connectivity index (χ1) is 17.6. The summed E-state index contributed by atoms with van der Waals surface area (Å²) in [5.41, 5.74) is 11.3. The summed E-state index contributed by atoms with van der Waals surface area (Å²) < 4.78 is 7.78. The second kappa shape index (κ2) is 9.64. The summed E-state index contributed by atoms with van der Waals surface area (Å²) in [5, 5.41) is 10.0. The molecule has 0 spiro atoms. The number of hydrogen-bond donors (Lipinski definition) is 1. The van der Waals surface area contributed by atoms with Crippen LogP contribution in [0.15, 0.2) is 108 Å². The molecular formula is C27H22N8O. The topological polar surface area (TPSA) is 128 Å². The molecule has 5 rings (SSSR count). The lowest BCUT2D eigenvalue weighted by Crippen LogP contribution is -2.25. The fourth-order valence-electron chi connectivity index (χ4n) is 4.40. The summed E-state index contributed by atoms with van der Waals surface area (Å²) in [5.74, 6) is 0.986. The maximum atomic E-state index is 10.0. The maximum absolute atomic E-state index is 10.0. The number of benzene rings is 1. The van der Waals surface area contributed by atoms with Crippen LogP contribution in [0.25, 0.3) is 17.1 Å². The third kappa shape index (κ3) is 4.01. The molecule has 176 valence electrons. The van der Waals surface area contributed by atoms with Gasteiger partial charge in [0.2, 0.25) is 5.88 Å². The van der Waals surface area contributed by atoms with Gasteiger partial charge in [-0.2, -0.15) is 5.26 Å². The standard InChI is InChI=1S/C27H22N8O/c1-17-23(25(30-2)20-14-32-16-33-15-20)24(22(13-28)26(29)36-17)18-3-5-21(6-4-18)35-12-11-34-27(35)19-7-9-31-10-8-19/h3-12,14-16,24H,29H2,1-2H3. The SMILES string of the molecule is CN=C(C1=C(C)OC(N)=C(C#N)C1c1ccc(-n2ccnc2-c2ccncc2)cc1)c1cncnc1. The third-order valence-corrected chi connectivity index (χ3v) is 6.00. The van der Waals surface area contributed by atoms with Gasteiger partial charge in [-0.1, -0.05) is 12.1 Å². The second-order valence-corrected chi connectivity index (χ2v) is 8.04. The van der Waals surface area contributed by atoms with Gasteiger partial charge in [0.25, 0.3) is 0 Å². The van der Waals surface area contributed by atoms with Crippen molar-refractivity contribution in [2.24, 2.45) is 10.7 Å². The molecule has 0 fully saturated rings. The van der Waals surface area contributed by atoms with E-state index in [0.717, 1.165) is 33.8 Å². The van der Waals surface area contributed by atoms with Crippen molar-refractivity contribution in [1.82, 2.24) is 24.5 Å². The van der Waals surface area contributed by atoms with Crippen LogP contribution in [0.5, 0.6) is 0 Å². The Kier molecular flexibility index (Phi) is 6.07. The number of rotatable bonds is 5. The third-order valence-electron chi connectivity index (χ3n) is 6.00. The van der Waals surface area contributed by atoms with E-state index >= 15 is 0 Å². The first-order valence-corrected chi connectivity index (χ1v) is 11.2. The second-order valence-electron chi connectivity index (χ2n) is 8.04. The van der Waals surface area contributed by atoms with Crippen LogP contribution in [-0.2, 0) is 4.74 Å². The van der Waals surface area contributed by atoms with E-state index < -0.39 is 5.92 Å². The molecule has 0 saturated carbocycles. The zero-order valence-electron chi connectivity index (χ0n) is 19.7. The van der Waals surface area contributed by atoms with Gasteiger partial charge < -0.3 is 10.5 Å². The summed E-state index contributed by atoms with van der Waals surface area (Å²) in [6.45, 7) is 1.82. The minimum Gasteiger partial charge on any atom is -0.445 e. The quantitative estimate of drug-likeness (QED) is 0.434. The summed E-state index contributed by atoms with van der Waals surface area (Å²) in [6.07, 6.45) is 12.0. The van der Waals surface area contributed by atoms with E-state index in [1.807, 2.05) is 54.1 Å². The first-order valence-electron chi connectivity index (χ1n) is 11.2. The van der Waals surface area contributed by atoms with Crippen molar-refractivity contribution in [3.63, 3.8) is 0 Å². The minimum absolute atomic E-state index is 0.0853. The van der Waals surface area contributed by atoms with Crippen LogP contribution in [0.1, 0.15) is 24.0 Å². The molecular weight excluding hydrogens is 452 g/mol. The van der Waals surface area contributed by atoms with Crippen molar-refractivity contribution in [3.05, 3.63) is 114 Å². The van der Waals surface area contributed by atoms with Crippen molar-refractivity contribution in [2.75, 3.05) is 7.05 Å². The highest BCUT2D eigenvalue weighted by molar-refractivity contribution is 6.14.